The molecule has 0 amide bonds. The highest BCUT2D eigenvalue weighted by molar-refractivity contribution is 7.18. The van der Waals surface area contributed by atoms with Gasteiger partial charge in [-0.3, -0.25) is 4.40 Å². The van der Waals surface area contributed by atoms with Crippen LogP contribution in [-0.4, -0.2) is 14.0 Å². The zero-order chi connectivity index (χ0) is 18.9. The van der Waals surface area contributed by atoms with Crippen LogP contribution >= 0.6 is 11.3 Å². The van der Waals surface area contributed by atoms with Crippen molar-refractivity contribution in [1.82, 2.24) is 14.0 Å². The van der Waals surface area contributed by atoms with Gasteiger partial charge < -0.3 is 4.57 Å². The number of aromatic nitrogens is 3. The summed E-state index contributed by atoms with van der Waals surface area (Å²) in [5.41, 5.74) is 5.87. The Kier molecular flexibility index (Phi) is 2.88. The van der Waals surface area contributed by atoms with E-state index in [2.05, 4.69) is 98.3 Å². The Hall–Kier alpha value is -3.63. The third-order valence-electron chi connectivity index (χ3n) is 5.87. The lowest BCUT2D eigenvalue weighted by atomic mass is 10.1. The van der Waals surface area contributed by atoms with E-state index in [-0.39, 0.29) is 0 Å². The van der Waals surface area contributed by atoms with E-state index in [0.29, 0.717) is 0 Å². The van der Waals surface area contributed by atoms with Crippen LogP contribution in [0.1, 0.15) is 0 Å². The number of pyridine rings is 1. The molecule has 0 saturated carbocycles. The van der Waals surface area contributed by atoms with E-state index >= 15 is 0 Å². The van der Waals surface area contributed by atoms with Gasteiger partial charge in [0.05, 0.1) is 16.6 Å². The van der Waals surface area contributed by atoms with Gasteiger partial charge in [0.2, 0.25) is 0 Å². The number of fused-ring (bicyclic) bond motifs is 9. The standard InChI is InChI=1S/C25H15N3S/c1-3-7-22-17(5-1)18-6-2-4-8-23(18)28(22)16-9-10-21-20(15-16)24-19(11-14-29-24)25-26-12-13-27(21)25/h1-15H. The fourth-order valence-corrected chi connectivity index (χ4v) is 5.56. The zero-order valence-corrected chi connectivity index (χ0v) is 16.2. The largest absolute Gasteiger partial charge is 0.309 e. The van der Waals surface area contributed by atoms with Crippen molar-refractivity contribution in [3.8, 4) is 5.69 Å². The molecule has 29 heavy (non-hydrogen) atoms. The number of hydrogen-bond donors (Lipinski definition) is 0. The minimum Gasteiger partial charge on any atom is -0.309 e. The summed E-state index contributed by atoms with van der Waals surface area (Å²) < 4.78 is 5.86. The molecule has 0 atom stereocenters. The van der Waals surface area contributed by atoms with E-state index in [1.165, 1.54) is 48.5 Å². The SMILES string of the molecule is c1ccc2c(c1)c1ccccc1n2-c1ccc2c(c1)c1sccc1c1nccn21. The Morgan fingerprint density at radius 3 is 2.24 bits per heavy atom. The number of imidazole rings is 1. The first kappa shape index (κ1) is 15.3. The fraction of sp³-hybridized carbons (Fsp3) is 0. The lowest BCUT2D eigenvalue weighted by Gasteiger charge is -2.11. The van der Waals surface area contributed by atoms with Crippen molar-refractivity contribution in [3.63, 3.8) is 0 Å². The van der Waals surface area contributed by atoms with Crippen molar-refractivity contribution < 1.29 is 0 Å². The molecule has 0 unspecified atom stereocenters. The van der Waals surface area contributed by atoms with Gasteiger partial charge in [0.25, 0.3) is 0 Å². The quantitative estimate of drug-likeness (QED) is 0.303. The molecule has 4 heteroatoms. The fourth-order valence-electron chi connectivity index (χ4n) is 4.65. The van der Waals surface area contributed by atoms with Crippen LogP contribution in [0.15, 0.2) is 90.6 Å². The van der Waals surface area contributed by atoms with E-state index in [1.807, 2.05) is 6.20 Å². The van der Waals surface area contributed by atoms with Crippen LogP contribution in [0.5, 0.6) is 0 Å². The van der Waals surface area contributed by atoms with Gasteiger partial charge in [0, 0.05) is 44.3 Å². The predicted octanol–water partition coefficient (Wildman–Crippen LogP) is 6.80. The molecule has 7 rings (SSSR count). The summed E-state index contributed by atoms with van der Waals surface area (Å²) in [7, 11) is 0. The van der Waals surface area contributed by atoms with E-state index in [1.54, 1.807) is 11.3 Å². The van der Waals surface area contributed by atoms with Gasteiger partial charge in [-0.15, -0.1) is 11.3 Å². The third kappa shape index (κ3) is 1.94. The topological polar surface area (TPSA) is 22.2 Å². The molecule has 4 heterocycles. The molecule has 0 bridgehead atoms. The number of benzene rings is 3. The van der Waals surface area contributed by atoms with E-state index in [4.69, 9.17) is 0 Å². The maximum Gasteiger partial charge on any atom is 0.145 e. The van der Waals surface area contributed by atoms with Crippen molar-refractivity contribution in [1.29, 1.82) is 0 Å². The number of para-hydroxylation sites is 2. The molecule has 4 aromatic heterocycles. The Morgan fingerprint density at radius 2 is 1.45 bits per heavy atom. The molecular formula is C25H15N3S. The first-order chi connectivity index (χ1) is 14.4. The number of rotatable bonds is 1. The highest BCUT2D eigenvalue weighted by atomic mass is 32.1. The molecule has 3 aromatic carbocycles. The monoisotopic (exact) mass is 389 g/mol. The molecule has 0 aliphatic carbocycles. The summed E-state index contributed by atoms with van der Waals surface area (Å²) in [6, 6.07) is 26.2. The average molecular weight is 389 g/mol. The minimum absolute atomic E-state index is 1.03. The molecule has 0 N–H and O–H groups in total. The smallest absolute Gasteiger partial charge is 0.145 e. The van der Waals surface area contributed by atoms with Crippen molar-refractivity contribution >= 4 is 59.8 Å². The molecule has 136 valence electrons. The molecular weight excluding hydrogens is 374 g/mol. The second-order valence-electron chi connectivity index (χ2n) is 7.36. The maximum atomic E-state index is 4.59. The van der Waals surface area contributed by atoms with Gasteiger partial charge in [-0.25, -0.2) is 4.98 Å². The molecule has 3 nitrogen and oxygen atoms in total. The number of nitrogens with zero attached hydrogens (tertiary/aromatic N) is 3. The van der Waals surface area contributed by atoms with Gasteiger partial charge in [-0.05, 0) is 41.8 Å². The minimum atomic E-state index is 1.03. The van der Waals surface area contributed by atoms with Gasteiger partial charge in [0.1, 0.15) is 5.65 Å². The van der Waals surface area contributed by atoms with Crippen molar-refractivity contribution in [2.75, 3.05) is 0 Å². The second-order valence-corrected chi connectivity index (χ2v) is 8.27. The van der Waals surface area contributed by atoms with Crippen molar-refractivity contribution in [2.24, 2.45) is 0 Å². The van der Waals surface area contributed by atoms with Gasteiger partial charge in [-0.2, -0.15) is 0 Å². The van der Waals surface area contributed by atoms with Crippen molar-refractivity contribution in [3.05, 3.63) is 90.6 Å². The Bertz CT molecular complexity index is 1660. The molecule has 0 saturated heterocycles. The summed E-state index contributed by atoms with van der Waals surface area (Å²) in [6.07, 6.45) is 3.93. The molecule has 0 radical (unpaired) electrons. The molecule has 0 aliphatic heterocycles. The highest BCUT2D eigenvalue weighted by Gasteiger charge is 2.14. The van der Waals surface area contributed by atoms with Gasteiger partial charge >= 0.3 is 0 Å². The summed E-state index contributed by atoms with van der Waals surface area (Å²) in [4.78, 5) is 4.59. The Balaban J connectivity index is 1.66. The lowest BCUT2D eigenvalue weighted by molar-refractivity contribution is 1.18. The van der Waals surface area contributed by atoms with Crippen LogP contribution in [0.2, 0.25) is 0 Å². The summed E-state index contributed by atoms with van der Waals surface area (Å²) >= 11 is 1.79. The van der Waals surface area contributed by atoms with E-state index in [9.17, 15) is 0 Å². The van der Waals surface area contributed by atoms with Crippen LogP contribution in [0.4, 0.5) is 0 Å². The van der Waals surface area contributed by atoms with E-state index < -0.39 is 0 Å². The maximum absolute atomic E-state index is 4.59. The van der Waals surface area contributed by atoms with E-state index in [0.717, 1.165) is 5.65 Å². The predicted molar refractivity (Wildman–Crippen MR) is 122 cm³/mol. The molecule has 0 aliphatic rings. The zero-order valence-electron chi connectivity index (χ0n) is 15.4. The molecule has 7 aromatic rings. The van der Waals surface area contributed by atoms with Gasteiger partial charge in [-0.1, -0.05) is 36.4 Å². The lowest BCUT2D eigenvalue weighted by Crippen LogP contribution is -1.95. The van der Waals surface area contributed by atoms with Crippen LogP contribution in [0.3, 0.4) is 0 Å². The van der Waals surface area contributed by atoms with Crippen LogP contribution in [-0.2, 0) is 0 Å². The second kappa shape index (κ2) is 5.46. The molecule has 0 fully saturated rings. The van der Waals surface area contributed by atoms with Crippen LogP contribution in [0, 0.1) is 0 Å². The number of hydrogen-bond acceptors (Lipinski definition) is 2. The Morgan fingerprint density at radius 1 is 0.690 bits per heavy atom. The normalized spacial score (nSPS) is 12.1. The van der Waals surface area contributed by atoms with Crippen LogP contribution in [0.25, 0.3) is 54.1 Å². The summed E-state index contributed by atoms with van der Waals surface area (Å²) in [5.74, 6) is 0. The summed E-state index contributed by atoms with van der Waals surface area (Å²) in [5, 5.41) is 7.21. The van der Waals surface area contributed by atoms with Crippen molar-refractivity contribution in [2.45, 2.75) is 0 Å². The van der Waals surface area contributed by atoms with Gasteiger partial charge in [0.15, 0.2) is 0 Å². The first-order valence-corrected chi connectivity index (χ1v) is 10.5. The first-order valence-electron chi connectivity index (χ1n) is 9.65. The molecule has 0 spiro atoms. The highest BCUT2D eigenvalue weighted by Crippen LogP contribution is 2.36. The average Bonchev–Trinajstić information content (AvgIpc) is 3.50. The third-order valence-corrected chi connectivity index (χ3v) is 6.82. The van der Waals surface area contributed by atoms with Crippen LogP contribution < -0.4 is 0 Å². The summed E-state index contributed by atoms with van der Waals surface area (Å²) in [6.45, 7) is 0. The Labute approximate surface area is 170 Å². The number of thiophene rings is 1.